The smallest absolute Gasteiger partial charge is 0.318 e. The molecule has 1 aliphatic heterocycles. The van der Waals surface area contributed by atoms with Crippen molar-refractivity contribution in [3.63, 3.8) is 0 Å². The molecule has 0 radical (unpaired) electrons. The topological polar surface area (TPSA) is 128 Å². The van der Waals surface area contributed by atoms with Crippen molar-refractivity contribution in [3.05, 3.63) is 71.7 Å². The van der Waals surface area contributed by atoms with Crippen molar-refractivity contribution in [1.29, 1.82) is 0 Å². The van der Waals surface area contributed by atoms with Crippen LogP contribution in [0, 0.1) is 0 Å². The number of aromatic nitrogens is 3. The van der Waals surface area contributed by atoms with Gasteiger partial charge in [0.25, 0.3) is 0 Å². The van der Waals surface area contributed by atoms with Gasteiger partial charge in [0.15, 0.2) is 0 Å². The van der Waals surface area contributed by atoms with Gasteiger partial charge in [-0.05, 0) is 30.3 Å². The quantitative estimate of drug-likeness (QED) is 0.499. The molecular weight excluding hydrogens is 422 g/mol. The van der Waals surface area contributed by atoms with Gasteiger partial charge in [0.1, 0.15) is 12.4 Å². The van der Waals surface area contributed by atoms with E-state index in [2.05, 4.69) is 30.1 Å². The summed E-state index contributed by atoms with van der Waals surface area (Å²) in [4.78, 5) is 26.9. The maximum Gasteiger partial charge on any atom is 0.318 e. The molecule has 1 aromatic carbocycles. The number of morpholine rings is 1. The van der Waals surface area contributed by atoms with Gasteiger partial charge in [-0.15, -0.1) is 0 Å². The lowest BCUT2D eigenvalue weighted by atomic mass is 10.2. The van der Waals surface area contributed by atoms with Crippen molar-refractivity contribution in [1.82, 2.24) is 15.0 Å². The van der Waals surface area contributed by atoms with Gasteiger partial charge in [0.2, 0.25) is 5.91 Å². The SMILES string of the molecule is NC(=O)c1cccc(N=NCc2cc(N3CCOCC3)nc(OCCc3ccccn3)n2)c1. The Labute approximate surface area is 191 Å². The molecule has 2 N–H and O–H groups in total. The first kappa shape index (κ1) is 22.3. The minimum atomic E-state index is -0.509. The van der Waals surface area contributed by atoms with E-state index in [9.17, 15) is 4.79 Å². The minimum absolute atomic E-state index is 0.233. The number of hydrogen-bond donors (Lipinski definition) is 1. The zero-order chi connectivity index (χ0) is 22.9. The Balaban J connectivity index is 1.47. The summed E-state index contributed by atoms with van der Waals surface area (Å²) in [5, 5.41) is 8.43. The standard InChI is InChI=1S/C23H25N7O3/c24-22(31)17-4-3-6-19(14-17)29-26-16-20-15-21(30-9-12-32-13-10-30)28-23(27-20)33-11-7-18-5-1-2-8-25-18/h1-6,8,14-15H,7,9-13,16H2,(H2,24,31). The van der Waals surface area contributed by atoms with Gasteiger partial charge in [-0.3, -0.25) is 9.78 Å². The van der Waals surface area contributed by atoms with Crippen molar-refractivity contribution in [2.75, 3.05) is 37.8 Å². The number of carbonyl (C=O) groups excluding carboxylic acids is 1. The van der Waals surface area contributed by atoms with Crippen molar-refractivity contribution >= 4 is 17.4 Å². The molecule has 3 aromatic rings. The van der Waals surface area contributed by atoms with Gasteiger partial charge < -0.3 is 20.1 Å². The number of azo groups is 1. The molecule has 1 amide bonds. The van der Waals surface area contributed by atoms with Gasteiger partial charge in [0.05, 0.1) is 31.2 Å². The minimum Gasteiger partial charge on any atom is -0.463 e. The third kappa shape index (κ3) is 6.53. The van der Waals surface area contributed by atoms with Crippen LogP contribution in [0.2, 0.25) is 0 Å². The summed E-state index contributed by atoms with van der Waals surface area (Å²) in [7, 11) is 0. The lowest BCUT2D eigenvalue weighted by Gasteiger charge is -2.28. The molecule has 0 aliphatic carbocycles. The zero-order valence-corrected chi connectivity index (χ0v) is 18.1. The van der Waals surface area contributed by atoms with E-state index in [0.717, 1.165) is 24.6 Å². The second kappa shape index (κ2) is 11.1. The van der Waals surface area contributed by atoms with Crippen LogP contribution in [0.1, 0.15) is 21.7 Å². The maximum absolute atomic E-state index is 11.4. The Kier molecular flexibility index (Phi) is 7.49. The summed E-state index contributed by atoms with van der Waals surface area (Å²) in [5.41, 5.74) is 7.86. The molecule has 0 unspecified atom stereocenters. The fourth-order valence-electron chi connectivity index (χ4n) is 3.26. The Morgan fingerprint density at radius 1 is 1.09 bits per heavy atom. The van der Waals surface area contributed by atoms with Crippen LogP contribution in [0.25, 0.3) is 0 Å². The molecule has 0 bridgehead atoms. The van der Waals surface area contributed by atoms with E-state index in [4.69, 9.17) is 15.2 Å². The number of rotatable bonds is 9. The normalized spacial score (nSPS) is 13.9. The first-order chi connectivity index (χ1) is 16.2. The molecule has 3 heterocycles. The van der Waals surface area contributed by atoms with Gasteiger partial charge >= 0.3 is 6.01 Å². The third-order valence-corrected chi connectivity index (χ3v) is 4.95. The molecule has 0 spiro atoms. The number of primary amides is 1. The number of benzene rings is 1. The number of pyridine rings is 1. The molecule has 1 aliphatic rings. The zero-order valence-electron chi connectivity index (χ0n) is 18.1. The second-order valence-electron chi connectivity index (χ2n) is 7.33. The molecule has 10 nitrogen and oxygen atoms in total. The lowest BCUT2D eigenvalue weighted by molar-refractivity contribution is 0.1000. The van der Waals surface area contributed by atoms with Gasteiger partial charge in [-0.1, -0.05) is 12.1 Å². The number of ether oxygens (including phenoxy) is 2. The predicted molar refractivity (Wildman–Crippen MR) is 122 cm³/mol. The van der Waals surface area contributed by atoms with E-state index in [1.165, 1.54) is 0 Å². The molecular formula is C23H25N7O3. The summed E-state index contributed by atoms with van der Waals surface area (Å²) >= 11 is 0. The summed E-state index contributed by atoms with van der Waals surface area (Å²) in [5.74, 6) is 0.257. The average Bonchev–Trinajstić information content (AvgIpc) is 2.85. The molecule has 0 saturated carbocycles. The highest BCUT2D eigenvalue weighted by Gasteiger charge is 2.15. The Morgan fingerprint density at radius 2 is 1.97 bits per heavy atom. The number of anilines is 1. The summed E-state index contributed by atoms with van der Waals surface area (Å²) in [6, 6.07) is 14.6. The van der Waals surface area contributed by atoms with Crippen molar-refractivity contribution in [2.24, 2.45) is 16.0 Å². The molecule has 0 atom stereocenters. The number of carbonyl (C=O) groups is 1. The highest BCUT2D eigenvalue weighted by molar-refractivity contribution is 5.93. The van der Waals surface area contributed by atoms with E-state index >= 15 is 0 Å². The molecule has 170 valence electrons. The van der Waals surface area contributed by atoms with E-state index in [1.54, 1.807) is 30.5 Å². The van der Waals surface area contributed by atoms with E-state index in [-0.39, 0.29) is 12.6 Å². The van der Waals surface area contributed by atoms with Crippen LogP contribution in [0.4, 0.5) is 11.5 Å². The first-order valence-corrected chi connectivity index (χ1v) is 10.7. The Bertz CT molecular complexity index is 1100. The summed E-state index contributed by atoms with van der Waals surface area (Å²) in [6.07, 6.45) is 2.41. The van der Waals surface area contributed by atoms with Crippen LogP contribution in [0.15, 0.2) is 65.0 Å². The first-order valence-electron chi connectivity index (χ1n) is 10.7. The van der Waals surface area contributed by atoms with Crippen LogP contribution >= 0.6 is 0 Å². The Hall–Kier alpha value is -3.92. The van der Waals surface area contributed by atoms with Crippen LogP contribution in [-0.4, -0.2) is 53.8 Å². The van der Waals surface area contributed by atoms with E-state index in [1.807, 2.05) is 24.3 Å². The van der Waals surface area contributed by atoms with Gasteiger partial charge in [0, 0.05) is 43.0 Å². The Morgan fingerprint density at radius 3 is 2.76 bits per heavy atom. The molecule has 1 fully saturated rings. The molecule has 10 heteroatoms. The molecule has 33 heavy (non-hydrogen) atoms. The van der Waals surface area contributed by atoms with Crippen molar-refractivity contribution < 1.29 is 14.3 Å². The van der Waals surface area contributed by atoms with Crippen LogP contribution < -0.4 is 15.4 Å². The van der Waals surface area contributed by atoms with Crippen LogP contribution in [0.3, 0.4) is 0 Å². The fourth-order valence-corrected chi connectivity index (χ4v) is 3.26. The number of hydrogen-bond acceptors (Lipinski definition) is 9. The lowest BCUT2D eigenvalue weighted by Crippen LogP contribution is -2.37. The van der Waals surface area contributed by atoms with E-state index < -0.39 is 5.91 Å². The largest absolute Gasteiger partial charge is 0.463 e. The molecule has 4 rings (SSSR count). The van der Waals surface area contributed by atoms with E-state index in [0.29, 0.717) is 43.2 Å². The highest BCUT2D eigenvalue weighted by atomic mass is 16.5. The number of amides is 1. The van der Waals surface area contributed by atoms with Gasteiger partial charge in [-0.25, -0.2) is 0 Å². The summed E-state index contributed by atoms with van der Waals surface area (Å²) in [6.45, 7) is 3.41. The van der Waals surface area contributed by atoms with Crippen LogP contribution in [0.5, 0.6) is 6.01 Å². The van der Waals surface area contributed by atoms with Crippen molar-refractivity contribution in [2.45, 2.75) is 13.0 Å². The molecule has 2 aromatic heterocycles. The monoisotopic (exact) mass is 447 g/mol. The highest BCUT2D eigenvalue weighted by Crippen LogP contribution is 2.20. The fraction of sp³-hybridized carbons (Fsp3) is 0.304. The van der Waals surface area contributed by atoms with Gasteiger partial charge in [-0.2, -0.15) is 20.2 Å². The average molecular weight is 447 g/mol. The predicted octanol–water partition coefficient (Wildman–Crippen LogP) is 2.71. The second-order valence-corrected chi connectivity index (χ2v) is 7.33. The summed E-state index contributed by atoms with van der Waals surface area (Å²) < 4.78 is 11.3. The number of nitrogens with two attached hydrogens (primary N) is 1. The van der Waals surface area contributed by atoms with Crippen LogP contribution in [-0.2, 0) is 17.7 Å². The maximum atomic E-state index is 11.4. The number of nitrogens with zero attached hydrogens (tertiary/aromatic N) is 6. The third-order valence-electron chi connectivity index (χ3n) is 4.95. The van der Waals surface area contributed by atoms with Crippen molar-refractivity contribution in [3.8, 4) is 6.01 Å². The molecule has 1 saturated heterocycles.